The minimum Gasteiger partial charge on any atom is -0.489 e. The number of fused-ring (bicyclic) bond motifs is 1. The van der Waals surface area contributed by atoms with Crippen molar-refractivity contribution in [3.63, 3.8) is 0 Å². The lowest BCUT2D eigenvalue weighted by atomic mass is 9.95. The molecule has 6 rings (SSSR count). The third kappa shape index (κ3) is 4.67. The Kier molecular flexibility index (Phi) is 7.26. The van der Waals surface area contributed by atoms with Crippen LogP contribution in [0, 0.1) is 16.3 Å². The van der Waals surface area contributed by atoms with Gasteiger partial charge in [0.1, 0.15) is 36.5 Å². The highest BCUT2D eigenvalue weighted by Crippen LogP contribution is 2.48. The van der Waals surface area contributed by atoms with E-state index >= 15 is 4.39 Å². The van der Waals surface area contributed by atoms with E-state index in [9.17, 15) is 13.2 Å². The molecule has 0 bridgehead atoms. The van der Waals surface area contributed by atoms with Gasteiger partial charge in [-0.2, -0.15) is 9.97 Å². The number of nitrogen functional groups attached to an aromatic ring is 1. The number of alkyl halides is 3. The highest BCUT2D eigenvalue weighted by atomic mass is 127. The van der Waals surface area contributed by atoms with Gasteiger partial charge in [-0.1, -0.05) is 11.6 Å². The maximum atomic E-state index is 16.5. The number of nitrogens with two attached hydrogens (primary N) is 1. The van der Waals surface area contributed by atoms with Gasteiger partial charge in [-0.3, -0.25) is 4.90 Å². The first-order valence-corrected chi connectivity index (χ1v) is 14.4. The second kappa shape index (κ2) is 10.5. The summed E-state index contributed by atoms with van der Waals surface area (Å²) in [5.74, 6) is -0.558. The number of anilines is 2. The first kappa shape index (κ1) is 27.8. The average molecular weight is 693 g/mol. The molecule has 2 aromatic heterocycles. The summed E-state index contributed by atoms with van der Waals surface area (Å²) in [5, 5.41) is -0.0176. The van der Waals surface area contributed by atoms with Gasteiger partial charge < -0.3 is 20.1 Å². The molecule has 2 saturated heterocycles. The standard InChI is InChI=1S/C26H26ClF4IN6O2/c1-12-7-15(33)34-22(20(12)32)16-18(27)23-17-21(19(16)31)35-25(36-24(17)37(5-6-39-23)10-14(29)30)40-11-26-3-2-4-38(26)9-13(28)8-26/h7,13-14H,2-6,8-11H2,1H3,(H2,33,34)/t13-,26+/m1/s1. The minimum atomic E-state index is -2.69. The number of halogens is 6. The maximum Gasteiger partial charge on any atom is 0.319 e. The summed E-state index contributed by atoms with van der Waals surface area (Å²) >= 11 is 8.79. The Bertz CT molecular complexity index is 1500. The van der Waals surface area contributed by atoms with Gasteiger partial charge in [-0.15, -0.1) is 0 Å². The van der Waals surface area contributed by atoms with Crippen LogP contribution in [0.3, 0.4) is 0 Å². The van der Waals surface area contributed by atoms with Crippen LogP contribution in [0.1, 0.15) is 24.8 Å². The zero-order chi connectivity index (χ0) is 28.3. The van der Waals surface area contributed by atoms with Crippen LogP contribution in [0.25, 0.3) is 22.2 Å². The van der Waals surface area contributed by atoms with Crippen LogP contribution in [-0.2, 0) is 0 Å². The van der Waals surface area contributed by atoms with E-state index in [1.807, 2.05) is 29.5 Å². The van der Waals surface area contributed by atoms with Gasteiger partial charge in [0, 0.05) is 16.5 Å². The normalized spacial score (nSPS) is 22.6. The average Bonchev–Trinajstić information content (AvgIpc) is 3.35. The Hall–Kier alpha value is -2.39. The smallest absolute Gasteiger partial charge is 0.319 e. The van der Waals surface area contributed by atoms with Crippen LogP contribution in [0.15, 0.2) is 6.07 Å². The number of aryl methyl sites for hydroxylation is 1. The van der Waals surface area contributed by atoms with Crippen molar-refractivity contribution in [3.8, 4) is 23.0 Å². The highest BCUT2D eigenvalue weighted by Gasteiger charge is 2.49. The third-order valence-corrected chi connectivity index (χ3v) is 9.56. The highest BCUT2D eigenvalue weighted by molar-refractivity contribution is 14.1. The van der Waals surface area contributed by atoms with Gasteiger partial charge >= 0.3 is 6.01 Å². The Balaban J connectivity index is 1.53. The van der Waals surface area contributed by atoms with Crippen LogP contribution in [-0.4, -0.2) is 77.4 Å². The molecule has 5 heterocycles. The first-order valence-electron chi connectivity index (χ1n) is 12.9. The van der Waals surface area contributed by atoms with Crippen LogP contribution in [0.4, 0.5) is 29.2 Å². The van der Waals surface area contributed by atoms with E-state index < -0.39 is 30.5 Å². The molecule has 2 N–H and O–H groups in total. The minimum absolute atomic E-state index is 0.00437. The van der Waals surface area contributed by atoms with Crippen LogP contribution < -0.4 is 20.1 Å². The van der Waals surface area contributed by atoms with Crippen molar-refractivity contribution in [2.45, 2.75) is 44.3 Å². The third-order valence-electron chi connectivity index (χ3n) is 7.84. The molecule has 3 aliphatic heterocycles. The Morgan fingerprint density at radius 1 is 1.30 bits per heavy atom. The van der Waals surface area contributed by atoms with E-state index in [2.05, 4.69) is 19.9 Å². The van der Waals surface area contributed by atoms with Crippen molar-refractivity contribution in [1.29, 1.82) is 0 Å². The molecular weight excluding hydrogens is 667 g/mol. The zero-order valence-corrected chi connectivity index (χ0v) is 24.4. The maximum absolute atomic E-state index is 16.5. The largest absolute Gasteiger partial charge is 0.489 e. The Labute approximate surface area is 246 Å². The molecule has 2 fully saturated rings. The zero-order valence-electron chi connectivity index (χ0n) is 21.5. The summed E-state index contributed by atoms with van der Waals surface area (Å²) < 4.78 is 70.5. The Morgan fingerprint density at radius 3 is 2.88 bits per heavy atom. The van der Waals surface area contributed by atoms with Crippen molar-refractivity contribution in [3.05, 3.63) is 26.0 Å². The number of hydrogen-bond acceptors (Lipinski definition) is 8. The summed E-state index contributed by atoms with van der Waals surface area (Å²) in [5.41, 5.74) is 6.17. The molecule has 3 aromatic rings. The molecule has 0 spiro atoms. The number of hydrogen-bond donors (Lipinski definition) is 1. The van der Waals surface area contributed by atoms with E-state index in [-0.39, 0.29) is 70.3 Å². The van der Waals surface area contributed by atoms with E-state index in [1.54, 1.807) is 6.07 Å². The molecule has 0 radical (unpaired) electrons. The molecule has 0 unspecified atom stereocenters. The first-order chi connectivity index (χ1) is 19.1. The summed E-state index contributed by atoms with van der Waals surface area (Å²) in [6.07, 6.45) is -1.69. The van der Waals surface area contributed by atoms with Gasteiger partial charge in [-0.05, 0) is 60.5 Å². The molecule has 0 aliphatic carbocycles. The molecule has 3 aliphatic rings. The molecule has 1 aromatic carbocycles. The number of rotatable bonds is 6. The predicted octanol–water partition coefficient (Wildman–Crippen LogP) is 5.40. The molecule has 0 saturated carbocycles. The van der Waals surface area contributed by atoms with Gasteiger partial charge in [0.25, 0.3) is 6.43 Å². The molecule has 8 nitrogen and oxygen atoms in total. The lowest BCUT2D eigenvalue weighted by molar-refractivity contribution is 0.107. The van der Waals surface area contributed by atoms with Gasteiger partial charge in [-0.25, -0.2) is 22.5 Å². The van der Waals surface area contributed by atoms with Crippen molar-refractivity contribution < 1.29 is 27.0 Å². The lowest BCUT2D eigenvalue weighted by Gasteiger charge is -2.31. The van der Waals surface area contributed by atoms with Crippen LogP contribution >= 0.6 is 34.2 Å². The van der Waals surface area contributed by atoms with Crippen molar-refractivity contribution in [2.75, 3.05) is 50.0 Å². The number of ether oxygens (including phenoxy) is 2. The van der Waals surface area contributed by atoms with Crippen LogP contribution in [0.5, 0.6) is 11.8 Å². The van der Waals surface area contributed by atoms with Crippen molar-refractivity contribution in [2.24, 2.45) is 0 Å². The van der Waals surface area contributed by atoms with Gasteiger partial charge in [0.15, 0.2) is 11.6 Å². The summed E-state index contributed by atoms with van der Waals surface area (Å²) in [4.78, 5) is 16.6. The lowest BCUT2D eigenvalue weighted by Crippen LogP contribution is -2.43. The number of aromatic nitrogens is 3. The Morgan fingerprint density at radius 2 is 2.10 bits per heavy atom. The molecule has 14 heteroatoms. The topological polar surface area (TPSA) is 89.6 Å². The van der Waals surface area contributed by atoms with Crippen LogP contribution in [0.2, 0.25) is 5.02 Å². The van der Waals surface area contributed by atoms with E-state index in [0.29, 0.717) is 16.5 Å². The van der Waals surface area contributed by atoms with Crippen molar-refractivity contribution >= 4 is 56.7 Å². The molecule has 214 valence electrons. The van der Waals surface area contributed by atoms with Gasteiger partial charge in [0.05, 0.1) is 40.3 Å². The second-order valence-electron chi connectivity index (χ2n) is 10.5. The fourth-order valence-corrected chi connectivity index (χ4v) is 6.94. The predicted molar refractivity (Wildman–Crippen MR) is 152 cm³/mol. The summed E-state index contributed by atoms with van der Waals surface area (Å²) in [6, 6.07) is 1.46. The summed E-state index contributed by atoms with van der Waals surface area (Å²) in [6.45, 7) is 2.38. The molecule has 2 atom stereocenters. The summed E-state index contributed by atoms with van der Waals surface area (Å²) in [7, 11) is 0. The fourth-order valence-electron chi connectivity index (χ4n) is 6.08. The van der Waals surface area contributed by atoms with Gasteiger partial charge in [0.2, 0.25) is 0 Å². The number of nitrogens with zero attached hydrogens (tertiary/aromatic N) is 5. The SMILES string of the molecule is Cc1cc(N)nc(-c2c(Cl)c3c4c(nc(OC[C@@]56CCCN5C[C@H](F)C6)nc4c2F)N(CC(F)F)CCO3)c1I. The number of benzene rings is 1. The molecule has 40 heavy (non-hydrogen) atoms. The van der Waals surface area contributed by atoms with E-state index in [1.165, 1.54) is 4.90 Å². The van der Waals surface area contributed by atoms with E-state index in [0.717, 1.165) is 24.9 Å². The molecular formula is C26H26ClF4IN6O2. The quantitative estimate of drug-likeness (QED) is 0.272. The number of pyridine rings is 1. The fraction of sp³-hybridized carbons (Fsp3) is 0.500. The van der Waals surface area contributed by atoms with E-state index in [4.69, 9.17) is 26.8 Å². The molecule has 0 amide bonds. The second-order valence-corrected chi connectivity index (χ2v) is 11.9. The van der Waals surface area contributed by atoms with Crippen molar-refractivity contribution in [1.82, 2.24) is 19.9 Å². The monoisotopic (exact) mass is 692 g/mol.